The molecule has 1 heterocycles. The first-order valence-corrected chi connectivity index (χ1v) is 9.01. The van der Waals surface area contributed by atoms with Gasteiger partial charge >= 0.3 is 119 Å². The van der Waals surface area contributed by atoms with Crippen LogP contribution in [-0.4, -0.2) is 50.1 Å². The number of nitrogens with zero attached hydrogens (tertiary/aromatic N) is 2. The summed E-state index contributed by atoms with van der Waals surface area (Å²) >= 11 is 2.62. The van der Waals surface area contributed by atoms with Crippen molar-refractivity contribution < 1.29 is 9.59 Å². The SMILES string of the molecule is O=C1c2cccc3cccc(c23)C(=O)N1CCCCCCN=C=[Se]. The van der Waals surface area contributed by atoms with E-state index in [9.17, 15) is 9.59 Å². The second-order valence-corrected chi connectivity index (χ2v) is 6.24. The number of carbonyl (C=O) groups excluding carboxylic acids is 2. The van der Waals surface area contributed by atoms with Gasteiger partial charge in [0.05, 0.1) is 0 Å². The van der Waals surface area contributed by atoms with Crippen LogP contribution in [0.2, 0.25) is 0 Å². The summed E-state index contributed by atoms with van der Waals surface area (Å²) in [5, 5.41) is 1.73. The van der Waals surface area contributed by atoms with Crippen LogP contribution in [0.3, 0.4) is 0 Å². The van der Waals surface area contributed by atoms with Crippen LogP contribution in [0.1, 0.15) is 46.4 Å². The molecule has 0 radical (unpaired) electrons. The van der Waals surface area contributed by atoms with Gasteiger partial charge in [0.15, 0.2) is 0 Å². The van der Waals surface area contributed by atoms with Crippen molar-refractivity contribution in [2.45, 2.75) is 25.7 Å². The van der Waals surface area contributed by atoms with E-state index in [0.717, 1.165) is 43.0 Å². The number of hydrogen-bond acceptors (Lipinski definition) is 3. The number of rotatable bonds is 7. The van der Waals surface area contributed by atoms with E-state index in [4.69, 9.17) is 0 Å². The summed E-state index contributed by atoms with van der Waals surface area (Å²) < 4.78 is 2.64. The zero-order chi connectivity index (χ0) is 16.9. The Kier molecular flexibility index (Phi) is 5.37. The molecule has 0 saturated heterocycles. The predicted molar refractivity (Wildman–Crippen MR) is 95.8 cm³/mol. The van der Waals surface area contributed by atoms with E-state index >= 15 is 0 Å². The zero-order valence-electron chi connectivity index (χ0n) is 13.3. The van der Waals surface area contributed by atoms with Gasteiger partial charge in [-0.25, -0.2) is 0 Å². The summed E-state index contributed by atoms with van der Waals surface area (Å²) in [7, 11) is 0. The summed E-state index contributed by atoms with van der Waals surface area (Å²) in [6.07, 6.45) is 3.83. The Labute approximate surface area is 148 Å². The van der Waals surface area contributed by atoms with Crippen molar-refractivity contribution in [3.63, 3.8) is 0 Å². The van der Waals surface area contributed by atoms with Crippen LogP contribution >= 0.6 is 0 Å². The second-order valence-electron chi connectivity index (χ2n) is 5.86. The zero-order valence-corrected chi connectivity index (χ0v) is 15.0. The molecule has 0 saturated carbocycles. The van der Waals surface area contributed by atoms with Crippen LogP contribution in [0.15, 0.2) is 41.4 Å². The van der Waals surface area contributed by atoms with Crippen molar-refractivity contribution in [2.24, 2.45) is 4.99 Å². The van der Waals surface area contributed by atoms with Crippen LogP contribution in [0.4, 0.5) is 0 Å². The number of unbranched alkanes of at least 4 members (excludes halogenated alkanes) is 3. The van der Waals surface area contributed by atoms with Gasteiger partial charge in [0, 0.05) is 0 Å². The van der Waals surface area contributed by atoms with E-state index in [1.54, 1.807) is 0 Å². The van der Waals surface area contributed by atoms with E-state index in [1.807, 2.05) is 36.4 Å². The van der Waals surface area contributed by atoms with Crippen molar-refractivity contribution in [3.05, 3.63) is 47.5 Å². The minimum absolute atomic E-state index is 0.176. The fourth-order valence-electron chi connectivity index (χ4n) is 3.14. The summed E-state index contributed by atoms with van der Waals surface area (Å²) in [6, 6.07) is 11.2. The fraction of sp³-hybridized carbons (Fsp3) is 0.316. The van der Waals surface area contributed by atoms with Crippen molar-refractivity contribution >= 4 is 42.9 Å². The van der Waals surface area contributed by atoms with Crippen LogP contribution in [0.5, 0.6) is 0 Å². The first-order valence-electron chi connectivity index (χ1n) is 8.15. The molecule has 3 rings (SSSR count). The van der Waals surface area contributed by atoms with Crippen molar-refractivity contribution in [3.8, 4) is 0 Å². The maximum atomic E-state index is 12.7. The summed E-state index contributed by atoms with van der Waals surface area (Å²) in [5.74, 6) is -0.352. The van der Waals surface area contributed by atoms with Gasteiger partial charge in [-0.05, 0) is 5.39 Å². The molecule has 2 amide bonds. The van der Waals surface area contributed by atoms with E-state index in [0.29, 0.717) is 17.7 Å². The Bertz CT molecular complexity index is 790. The van der Waals surface area contributed by atoms with E-state index in [1.165, 1.54) is 4.90 Å². The number of carbonyl (C=O) groups is 2. The molecule has 0 aromatic heterocycles. The fourth-order valence-corrected chi connectivity index (χ4v) is 3.34. The Morgan fingerprint density at radius 2 is 1.54 bits per heavy atom. The van der Waals surface area contributed by atoms with E-state index in [-0.39, 0.29) is 11.8 Å². The van der Waals surface area contributed by atoms with E-state index in [2.05, 4.69) is 25.3 Å². The van der Waals surface area contributed by atoms with Crippen molar-refractivity contribution in [2.75, 3.05) is 13.1 Å². The Morgan fingerprint density at radius 1 is 0.917 bits per heavy atom. The van der Waals surface area contributed by atoms with Gasteiger partial charge in [0.1, 0.15) is 0 Å². The van der Waals surface area contributed by atoms with Crippen LogP contribution in [0.25, 0.3) is 10.8 Å². The standard InChI is InChI=1S/C19H18N2O2Se/c22-18-15-9-5-7-14-8-6-10-16(17(14)15)19(23)21(18)12-4-2-1-3-11-20-13-24/h5-10H,1-4,11-12H2. The molecule has 0 fully saturated rings. The summed E-state index contributed by atoms with van der Waals surface area (Å²) in [5.41, 5.74) is 1.26. The molecule has 0 atom stereocenters. The Hall–Kier alpha value is -2.06. The molecule has 2 aromatic carbocycles. The molecular weight excluding hydrogens is 367 g/mol. The molecule has 2 aromatic rings. The molecule has 0 spiro atoms. The van der Waals surface area contributed by atoms with Crippen LogP contribution in [0, 0.1) is 0 Å². The van der Waals surface area contributed by atoms with Gasteiger partial charge < -0.3 is 0 Å². The van der Waals surface area contributed by atoms with Crippen molar-refractivity contribution in [1.82, 2.24) is 4.90 Å². The van der Waals surface area contributed by atoms with Gasteiger partial charge in [-0.3, -0.25) is 0 Å². The second kappa shape index (κ2) is 7.67. The molecule has 0 bridgehead atoms. The number of imide groups is 1. The molecule has 0 unspecified atom stereocenters. The van der Waals surface area contributed by atoms with Gasteiger partial charge in [-0.15, -0.1) is 0 Å². The number of benzene rings is 2. The molecule has 0 N–H and O–H groups in total. The Morgan fingerprint density at radius 3 is 2.17 bits per heavy atom. The average molecular weight is 385 g/mol. The first kappa shape index (κ1) is 16.8. The van der Waals surface area contributed by atoms with Crippen molar-refractivity contribution in [1.29, 1.82) is 0 Å². The van der Waals surface area contributed by atoms with Gasteiger partial charge in [-0.2, -0.15) is 0 Å². The third-order valence-corrected chi connectivity index (χ3v) is 4.59. The first-order chi connectivity index (χ1) is 11.7. The molecule has 0 aliphatic carbocycles. The minimum atomic E-state index is -0.176. The molecule has 1 aliphatic heterocycles. The topological polar surface area (TPSA) is 49.7 Å². The summed E-state index contributed by atoms with van der Waals surface area (Å²) in [4.78, 5) is 30.8. The third-order valence-electron chi connectivity index (χ3n) is 4.32. The van der Waals surface area contributed by atoms with Gasteiger partial charge in [-0.1, -0.05) is 24.3 Å². The molecule has 4 nitrogen and oxygen atoms in total. The van der Waals surface area contributed by atoms with E-state index < -0.39 is 0 Å². The average Bonchev–Trinajstić information content (AvgIpc) is 2.61. The predicted octanol–water partition coefficient (Wildman–Crippen LogP) is 3.07. The number of hydrogen-bond donors (Lipinski definition) is 0. The quantitative estimate of drug-likeness (QED) is 0.318. The van der Waals surface area contributed by atoms with Gasteiger partial charge in [0.2, 0.25) is 0 Å². The molecular formula is C19H18N2O2Se. The molecule has 24 heavy (non-hydrogen) atoms. The van der Waals surface area contributed by atoms with Crippen LogP contribution in [-0.2, 0) is 0 Å². The normalized spacial score (nSPS) is 13.2. The Balaban J connectivity index is 1.70. The number of amides is 2. The van der Waals surface area contributed by atoms with Crippen LogP contribution < -0.4 is 0 Å². The molecule has 5 heteroatoms. The van der Waals surface area contributed by atoms with Gasteiger partial charge in [0.25, 0.3) is 0 Å². The molecule has 122 valence electrons. The summed E-state index contributed by atoms with van der Waals surface area (Å²) in [6.45, 7) is 1.24. The maximum absolute atomic E-state index is 12.7. The third kappa shape index (κ3) is 3.25. The molecule has 1 aliphatic rings. The monoisotopic (exact) mass is 386 g/mol. The number of aliphatic imine (C=N–C) groups is 1.